The Morgan fingerprint density at radius 3 is 2.78 bits per heavy atom. The Morgan fingerprint density at radius 2 is 2.33 bits per heavy atom. The van der Waals surface area contributed by atoms with Crippen molar-refractivity contribution in [3.63, 3.8) is 0 Å². The first-order valence-electron chi connectivity index (χ1n) is 2.49. The number of hydrazine groups is 1. The molecule has 4 nitrogen and oxygen atoms in total. The van der Waals surface area contributed by atoms with Gasteiger partial charge in [-0.25, -0.2) is 4.73 Å². The molecule has 0 radical (unpaired) electrons. The number of aromatic nitrogens is 1. The first kappa shape index (κ1) is 5.84. The molecular weight excluding hydrogens is 118 g/mol. The lowest BCUT2D eigenvalue weighted by Gasteiger charge is -2.03. The molecule has 1 heterocycles. The number of nitrogen functional groups attached to an aromatic ring is 1. The standard InChI is InChI=1S/C5H7N3O/c6-7-5-3-1-2-4-8(5)9/h1-4,7H,6H2. The van der Waals surface area contributed by atoms with E-state index < -0.39 is 0 Å². The molecule has 0 atom stereocenters. The largest absolute Gasteiger partial charge is 0.711 e. The Hall–Kier alpha value is -1.29. The molecular formula is C5H7N3O. The van der Waals surface area contributed by atoms with Gasteiger partial charge in [-0.2, -0.15) is 11.3 Å². The smallest absolute Gasteiger partial charge is 0.295 e. The van der Waals surface area contributed by atoms with Gasteiger partial charge in [0.25, 0.3) is 5.82 Å². The van der Waals surface area contributed by atoms with Crippen molar-refractivity contribution < 1.29 is 4.73 Å². The minimum absolute atomic E-state index is 0.345. The maximum atomic E-state index is 10.6. The topological polar surface area (TPSA) is 65.0 Å². The van der Waals surface area contributed by atoms with Crippen LogP contribution in [-0.4, -0.2) is 0 Å². The van der Waals surface area contributed by atoms with Gasteiger partial charge in [-0.15, -0.1) is 0 Å². The number of hydrogen-bond acceptors (Lipinski definition) is 3. The van der Waals surface area contributed by atoms with Gasteiger partial charge in [0.1, 0.15) is 0 Å². The summed E-state index contributed by atoms with van der Waals surface area (Å²) in [5.74, 6) is 5.32. The van der Waals surface area contributed by atoms with Crippen molar-refractivity contribution in [2.24, 2.45) is 5.84 Å². The monoisotopic (exact) mass is 125 g/mol. The minimum atomic E-state index is 0.345. The van der Waals surface area contributed by atoms with Gasteiger partial charge in [-0.3, -0.25) is 0 Å². The highest BCUT2D eigenvalue weighted by Crippen LogP contribution is 1.92. The van der Waals surface area contributed by atoms with E-state index >= 15 is 0 Å². The molecule has 0 unspecified atom stereocenters. The number of hydrogen-bond donors (Lipinski definition) is 2. The Balaban J connectivity index is 3.01. The highest BCUT2D eigenvalue weighted by Gasteiger charge is 1.93. The van der Waals surface area contributed by atoms with Crippen molar-refractivity contribution in [3.05, 3.63) is 29.6 Å². The predicted molar refractivity (Wildman–Crippen MR) is 33.2 cm³/mol. The van der Waals surface area contributed by atoms with E-state index in [0.29, 0.717) is 10.5 Å². The van der Waals surface area contributed by atoms with Crippen LogP contribution in [-0.2, 0) is 0 Å². The zero-order valence-electron chi connectivity index (χ0n) is 4.74. The van der Waals surface area contributed by atoms with E-state index in [1.54, 1.807) is 18.2 Å². The van der Waals surface area contributed by atoms with Crippen LogP contribution in [0.25, 0.3) is 0 Å². The fourth-order valence-corrected chi connectivity index (χ4v) is 0.540. The minimum Gasteiger partial charge on any atom is -0.711 e. The number of rotatable bonds is 1. The fourth-order valence-electron chi connectivity index (χ4n) is 0.540. The Labute approximate surface area is 52.5 Å². The molecule has 0 fully saturated rings. The van der Waals surface area contributed by atoms with Gasteiger partial charge in [0, 0.05) is 6.07 Å². The van der Waals surface area contributed by atoms with Gasteiger partial charge in [-0.1, -0.05) is 6.07 Å². The van der Waals surface area contributed by atoms with Gasteiger partial charge < -0.3 is 5.21 Å². The number of nitrogens with two attached hydrogens (primary N) is 1. The number of pyridine rings is 1. The van der Waals surface area contributed by atoms with Crippen LogP contribution in [0.2, 0.25) is 0 Å². The summed E-state index contributed by atoms with van der Waals surface area (Å²) >= 11 is 0. The van der Waals surface area contributed by atoms with Crippen molar-refractivity contribution in [2.75, 3.05) is 5.43 Å². The maximum absolute atomic E-state index is 10.6. The molecule has 0 aliphatic heterocycles. The van der Waals surface area contributed by atoms with E-state index in [1.165, 1.54) is 6.20 Å². The van der Waals surface area contributed by atoms with E-state index in [9.17, 15) is 5.21 Å². The number of nitrogens with zero attached hydrogens (tertiary/aromatic N) is 1. The van der Waals surface area contributed by atoms with E-state index in [0.717, 1.165) is 0 Å². The van der Waals surface area contributed by atoms with Gasteiger partial charge in [0.2, 0.25) is 0 Å². The van der Waals surface area contributed by atoms with E-state index in [1.807, 2.05) is 0 Å². The highest BCUT2D eigenvalue weighted by atomic mass is 16.5. The lowest BCUT2D eigenvalue weighted by Crippen LogP contribution is -2.31. The summed E-state index contributed by atoms with van der Waals surface area (Å²) in [6.07, 6.45) is 1.37. The molecule has 0 aromatic carbocycles. The molecule has 3 N–H and O–H groups in total. The molecule has 48 valence electrons. The second-order valence-electron chi connectivity index (χ2n) is 1.56. The molecule has 1 aromatic heterocycles. The van der Waals surface area contributed by atoms with Gasteiger partial charge in [0.05, 0.1) is 6.20 Å². The summed E-state index contributed by atoms with van der Waals surface area (Å²) in [4.78, 5) is 0. The van der Waals surface area contributed by atoms with Crippen LogP contribution in [0.3, 0.4) is 0 Å². The molecule has 0 amide bonds. The normalized spacial score (nSPS) is 9.00. The molecule has 0 saturated heterocycles. The SMILES string of the molecule is NNc1cccc[n+]1[O-]. The zero-order chi connectivity index (χ0) is 6.69. The predicted octanol–water partition coefficient (Wildman–Crippen LogP) is -0.394. The second-order valence-corrected chi connectivity index (χ2v) is 1.56. The second kappa shape index (κ2) is 2.32. The summed E-state index contributed by atoms with van der Waals surface area (Å²) in [5, 5.41) is 10.6. The van der Waals surface area contributed by atoms with Gasteiger partial charge in [-0.05, 0) is 6.07 Å². The summed E-state index contributed by atoms with van der Waals surface area (Å²) in [5.41, 5.74) is 2.25. The Kier molecular flexibility index (Phi) is 1.51. The molecule has 1 aromatic rings. The number of nitrogens with one attached hydrogen (secondary N) is 1. The highest BCUT2D eigenvalue weighted by molar-refractivity contribution is 5.24. The molecule has 0 bridgehead atoms. The molecule has 9 heavy (non-hydrogen) atoms. The van der Waals surface area contributed by atoms with Crippen molar-refractivity contribution in [1.29, 1.82) is 0 Å². The summed E-state index contributed by atoms with van der Waals surface area (Å²) in [6.45, 7) is 0. The lowest BCUT2D eigenvalue weighted by atomic mass is 10.5. The lowest BCUT2D eigenvalue weighted by molar-refractivity contribution is -0.590. The molecule has 0 spiro atoms. The van der Waals surface area contributed by atoms with Gasteiger partial charge in [0.15, 0.2) is 0 Å². The third-order valence-corrected chi connectivity index (χ3v) is 0.972. The first-order valence-corrected chi connectivity index (χ1v) is 2.49. The zero-order valence-corrected chi connectivity index (χ0v) is 4.74. The summed E-state index contributed by atoms with van der Waals surface area (Å²) < 4.78 is 0.653. The van der Waals surface area contributed by atoms with E-state index in [-0.39, 0.29) is 0 Å². The fraction of sp³-hybridized carbons (Fsp3) is 0. The van der Waals surface area contributed by atoms with Gasteiger partial charge >= 0.3 is 0 Å². The van der Waals surface area contributed by atoms with Crippen LogP contribution in [0, 0.1) is 5.21 Å². The van der Waals surface area contributed by atoms with Crippen LogP contribution in [0.4, 0.5) is 5.82 Å². The molecule has 1 rings (SSSR count). The number of anilines is 1. The molecule has 0 saturated carbocycles. The maximum Gasteiger partial charge on any atom is 0.295 e. The Morgan fingerprint density at radius 1 is 1.56 bits per heavy atom. The van der Waals surface area contributed by atoms with Crippen molar-refractivity contribution in [3.8, 4) is 0 Å². The summed E-state index contributed by atoms with van der Waals surface area (Å²) in [6, 6.07) is 4.95. The van der Waals surface area contributed by atoms with E-state index in [2.05, 4.69) is 5.43 Å². The molecule has 0 aliphatic rings. The quantitative estimate of drug-likeness (QED) is 0.232. The average Bonchev–Trinajstić information content (AvgIpc) is 1.89. The van der Waals surface area contributed by atoms with Crippen LogP contribution in [0.15, 0.2) is 24.4 Å². The third-order valence-electron chi connectivity index (χ3n) is 0.972. The van der Waals surface area contributed by atoms with Crippen molar-refractivity contribution >= 4 is 5.82 Å². The molecule has 4 heteroatoms. The van der Waals surface area contributed by atoms with Crippen LogP contribution in [0.5, 0.6) is 0 Å². The van der Waals surface area contributed by atoms with Crippen LogP contribution in [0.1, 0.15) is 0 Å². The van der Waals surface area contributed by atoms with Crippen LogP contribution < -0.4 is 16.0 Å². The van der Waals surface area contributed by atoms with Crippen molar-refractivity contribution in [2.45, 2.75) is 0 Å². The van der Waals surface area contributed by atoms with Crippen molar-refractivity contribution in [1.82, 2.24) is 0 Å². The summed E-state index contributed by atoms with van der Waals surface area (Å²) in [7, 11) is 0. The van der Waals surface area contributed by atoms with E-state index in [4.69, 9.17) is 5.84 Å². The first-order chi connectivity index (χ1) is 4.34. The Bertz CT molecular complexity index is 201. The van der Waals surface area contributed by atoms with Crippen LogP contribution >= 0.6 is 0 Å². The molecule has 0 aliphatic carbocycles. The third kappa shape index (κ3) is 1.09. The average molecular weight is 125 g/mol.